The molecule has 0 radical (unpaired) electrons. The number of carboxylic acids is 1. The van der Waals surface area contributed by atoms with E-state index in [2.05, 4.69) is 15.6 Å². The number of nitrogens with one attached hydrogen (secondary N) is 3. The Labute approximate surface area is 150 Å². The SMILES string of the molecule is CC(=O)O.COc1ccc2[nH]cc(CCNC(=O)CNC(=O)CN)c2c1. The van der Waals surface area contributed by atoms with E-state index in [-0.39, 0.29) is 24.9 Å². The molecule has 9 nitrogen and oxygen atoms in total. The summed E-state index contributed by atoms with van der Waals surface area (Å²) >= 11 is 0. The summed E-state index contributed by atoms with van der Waals surface area (Å²) in [6.07, 6.45) is 2.61. The van der Waals surface area contributed by atoms with Crippen molar-refractivity contribution in [3.8, 4) is 5.75 Å². The van der Waals surface area contributed by atoms with E-state index in [1.807, 2.05) is 24.4 Å². The Bertz CT molecular complexity index is 753. The third-order valence-electron chi connectivity index (χ3n) is 3.32. The number of amides is 2. The topological polar surface area (TPSA) is 147 Å². The van der Waals surface area contributed by atoms with E-state index in [4.69, 9.17) is 20.4 Å². The number of aromatic amines is 1. The molecule has 0 spiro atoms. The van der Waals surface area contributed by atoms with Crippen LogP contribution in [0.15, 0.2) is 24.4 Å². The highest BCUT2D eigenvalue weighted by Crippen LogP contribution is 2.23. The summed E-state index contributed by atoms with van der Waals surface area (Å²) < 4.78 is 5.22. The van der Waals surface area contributed by atoms with Gasteiger partial charge in [0.25, 0.3) is 5.97 Å². The van der Waals surface area contributed by atoms with Crippen molar-refractivity contribution < 1.29 is 24.2 Å². The molecule has 9 heteroatoms. The minimum Gasteiger partial charge on any atom is -0.497 e. The molecule has 0 aliphatic carbocycles. The van der Waals surface area contributed by atoms with E-state index in [0.717, 1.165) is 29.1 Å². The van der Waals surface area contributed by atoms with Crippen molar-refractivity contribution in [3.05, 3.63) is 30.0 Å². The van der Waals surface area contributed by atoms with Crippen LogP contribution in [-0.4, -0.2) is 54.6 Å². The number of methoxy groups -OCH3 is 1. The fourth-order valence-corrected chi connectivity index (χ4v) is 2.14. The third kappa shape index (κ3) is 7.22. The maximum Gasteiger partial charge on any atom is 0.300 e. The van der Waals surface area contributed by atoms with Crippen molar-refractivity contribution in [1.82, 2.24) is 15.6 Å². The molecule has 0 saturated carbocycles. The third-order valence-corrected chi connectivity index (χ3v) is 3.32. The molecule has 142 valence electrons. The molecule has 0 aliphatic heterocycles. The minimum atomic E-state index is -0.833. The van der Waals surface area contributed by atoms with Gasteiger partial charge in [0.1, 0.15) is 5.75 Å². The van der Waals surface area contributed by atoms with Gasteiger partial charge < -0.3 is 31.2 Å². The first-order chi connectivity index (χ1) is 12.4. The number of H-pyrrole nitrogens is 1. The van der Waals surface area contributed by atoms with Gasteiger partial charge in [0, 0.05) is 30.6 Å². The first-order valence-electron chi connectivity index (χ1n) is 7.94. The van der Waals surface area contributed by atoms with Gasteiger partial charge in [-0.3, -0.25) is 14.4 Å². The average molecular weight is 364 g/mol. The number of aliphatic carboxylic acids is 1. The van der Waals surface area contributed by atoms with E-state index in [0.29, 0.717) is 13.0 Å². The van der Waals surface area contributed by atoms with Crippen molar-refractivity contribution >= 4 is 28.7 Å². The van der Waals surface area contributed by atoms with Gasteiger partial charge in [0.2, 0.25) is 11.8 Å². The standard InChI is InChI=1S/C15H20N4O3.C2H4O2/c1-22-11-2-3-13-12(6-11)10(8-18-13)4-5-17-15(21)9-19-14(20)7-16;1-2(3)4/h2-3,6,8,18H,4-5,7,9,16H2,1H3,(H,17,21)(H,19,20);1H3,(H,3,4). The van der Waals surface area contributed by atoms with Gasteiger partial charge in [-0.1, -0.05) is 0 Å². The number of hydrogen-bond donors (Lipinski definition) is 5. The Morgan fingerprint density at radius 1 is 1.23 bits per heavy atom. The second-order valence-electron chi connectivity index (χ2n) is 5.33. The fourth-order valence-electron chi connectivity index (χ4n) is 2.14. The van der Waals surface area contributed by atoms with E-state index in [1.165, 1.54) is 0 Å². The Hall–Kier alpha value is -3.07. The average Bonchev–Trinajstić information content (AvgIpc) is 3.01. The van der Waals surface area contributed by atoms with E-state index in [1.54, 1.807) is 7.11 Å². The van der Waals surface area contributed by atoms with Crippen LogP contribution in [-0.2, 0) is 20.8 Å². The quantitative estimate of drug-likeness (QED) is 0.467. The van der Waals surface area contributed by atoms with Crippen molar-refractivity contribution in [1.29, 1.82) is 0 Å². The molecule has 0 bridgehead atoms. The maximum absolute atomic E-state index is 11.6. The van der Waals surface area contributed by atoms with E-state index in [9.17, 15) is 9.59 Å². The predicted molar refractivity (Wildman–Crippen MR) is 96.9 cm³/mol. The second-order valence-corrected chi connectivity index (χ2v) is 5.33. The Morgan fingerprint density at radius 3 is 2.54 bits per heavy atom. The molecule has 2 aromatic rings. The predicted octanol–water partition coefficient (Wildman–Crippen LogP) is 0.00100. The van der Waals surface area contributed by atoms with Crippen LogP contribution in [0.5, 0.6) is 5.75 Å². The molecule has 6 N–H and O–H groups in total. The van der Waals surface area contributed by atoms with Gasteiger partial charge in [-0.15, -0.1) is 0 Å². The number of rotatable bonds is 7. The molecular formula is C17H24N4O5. The number of ether oxygens (including phenoxy) is 1. The van der Waals surface area contributed by atoms with Gasteiger partial charge in [0.15, 0.2) is 0 Å². The summed E-state index contributed by atoms with van der Waals surface area (Å²) in [6, 6.07) is 5.81. The Balaban J connectivity index is 0.000000765. The number of carboxylic acid groups (broad SMARTS) is 1. The normalized spacial score (nSPS) is 9.81. The van der Waals surface area contributed by atoms with Gasteiger partial charge in [0.05, 0.1) is 20.2 Å². The molecule has 0 aliphatic rings. The zero-order valence-corrected chi connectivity index (χ0v) is 14.8. The number of benzene rings is 1. The molecule has 0 unspecified atom stereocenters. The van der Waals surface area contributed by atoms with E-state index < -0.39 is 5.97 Å². The number of nitrogens with two attached hydrogens (primary N) is 1. The lowest BCUT2D eigenvalue weighted by molar-refractivity contribution is -0.134. The van der Waals surface area contributed by atoms with Gasteiger partial charge in [-0.05, 0) is 30.2 Å². The molecule has 1 aromatic carbocycles. The fraction of sp³-hybridized carbons (Fsp3) is 0.353. The van der Waals surface area contributed by atoms with Crippen LogP contribution in [0.25, 0.3) is 10.9 Å². The van der Waals surface area contributed by atoms with Crippen molar-refractivity contribution in [3.63, 3.8) is 0 Å². The Kier molecular flexibility index (Phi) is 8.65. The lowest BCUT2D eigenvalue weighted by Crippen LogP contribution is -2.40. The molecule has 1 aromatic heterocycles. The van der Waals surface area contributed by atoms with Crippen LogP contribution in [0.2, 0.25) is 0 Å². The highest BCUT2D eigenvalue weighted by Gasteiger charge is 2.07. The molecule has 1 heterocycles. The number of carbonyl (C=O) groups is 3. The highest BCUT2D eigenvalue weighted by atomic mass is 16.5. The first-order valence-corrected chi connectivity index (χ1v) is 7.94. The first kappa shape index (κ1) is 21.0. The summed E-state index contributed by atoms with van der Waals surface area (Å²) in [5.74, 6) is -0.625. The van der Waals surface area contributed by atoms with Crippen LogP contribution in [0, 0.1) is 0 Å². The monoisotopic (exact) mass is 364 g/mol. The van der Waals surface area contributed by atoms with Crippen LogP contribution >= 0.6 is 0 Å². The number of fused-ring (bicyclic) bond motifs is 1. The van der Waals surface area contributed by atoms with Crippen LogP contribution < -0.4 is 21.1 Å². The Morgan fingerprint density at radius 2 is 1.92 bits per heavy atom. The number of carbonyl (C=O) groups excluding carboxylic acids is 2. The van der Waals surface area contributed by atoms with Crippen molar-refractivity contribution in [2.45, 2.75) is 13.3 Å². The lowest BCUT2D eigenvalue weighted by Gasteiger charge is -2.06. The summed E-state index contributed by atoms with van der Waals surface area (Å²) in [5.41, 5.74) is 7.26. The van der Waals surface area contributed by atoms with Crippen LogP contribution in [0.1, 0.15) is 12.5 Å². The molecule has 0 saturated heterocycles. The second kappa shape index (κ2) is 10.7. The molecular weight excluding hydrogens is 340 g/mol. The highest BCUT2D eigenvalue weighted by molar-refractivity contribution is 5.86. The zero-order valence-electron chi connectivity index (χ0n) is 14.8. The minimum absolute atomic E-state index is 0.0578. The number of hydrogen-bond acceptors (Lipinski definition) is 5. The van der Waals surface area contributed by atoms with Crippen molar-refractivity contribution in [2.75, 3.05) is 26.7 Å². The smallest absolute Gasteiger partial charge is 0.300 e. The largest absolute Gasteiger partial charge is 0.497 e. The van der Waals surface area contributed by atoms with Gasteiger partial charge in [-0.2, -0.15) is 0 Å². The van der Waals surface area contributed by atoms with Crippen molar-refractivity contribution in [2.24, 2.45) is 5.73 Å². The van der Waals surface area contributed by atoms with E-state index >= 15 is 0 Å². The molecule has 0 fully saturated rings. The van der Waals surface area contributed by atoms with Gasteiger partial charge >= 0.3 is 0 Å². The van der Waals surface area contributed by atoms with Crippen LogP contribution in [0.4, 0.5) is 0 Å². The molecule has 2 rings (SSSR count). The molecule has 2 amide bonds. The molecule has 0 atom stereocenters. The molecule has 26 heavy (non-hydrogen) atoms. The summed E-state index contributed by atoms with van der Waals surface area (Å²) in [5, 5.41) is 13.7. The maximum atomic E-state index is 11.6. The van der Waals surface area contributed by atoms with Gasteiger partial charge in [-0.25, -0.2) is 0 Å². The van der Waals surface area contributed by atoms with Crippen LogP contribution in [0.3, 0.4) is 0 Å². The lowest BCUT2D eigenvalue weighted by atomic mass is 10.1. The summed E-state index contributed by atoms with van der Waals surface area (Å²) in [7, 11) is 1.63. The summed E-state index contributed by atoms with van der Waals surface area (Å²) in [6.45, 7) is 1.39. The zero-order chi connectivity index (χ0) is 19.5. The number of aromatic nitrogens is 1. The summed E-state index contributed by atoms with van der Waals surface area (Å²) in [4.78, 5) is 34.7.